The Balaban J connectivity index is 0.000000633. The quantitative estimate of drug-likeness (QED) is 0.0897. The zero-order chi connectivity index (χ0) is 48.0. The van der Waals surface area contributed by atoms with Crippen LogP contribution in [0.3, 0.4) is 0 Å². The average molecular weight is 1010 g/mol. The van der Waals surface area contributed by atoms with Crippen molar-refractivity contribution in [3.05, 3.63) is 79.1 Å². The Morgan fingerprint density at radius 1 is 0.492 bits per heavy atom. The highest BCUT2D eigenvalue weighted by molar-refractivity contribution is 14.1. The van der Waals surface area contributed by atoms with Gasteiger partial charge in [-0.3, -0.25) is 0 Å². The van der Waals surface area contributed by atoms with Crippen LogP contribution < -0.4 is 0 Å². The largest absolute Gasteiger partial charge is 0.247 e. The first-order valence-corrected chi connectivity index (χ1v) is 33.7. The Hall–Kier alpha value is -2.60. The summed E-state index contributed by atoms with van der Waals surface area (Å²) in [6.07, 6.45) is 15.5. The van der Waals surface area contributed by atoms with Crippen LogP contribution in [-0.2, 0) is 0 Å². The van der Waals surface area contributed by atoms with Crippen molar-refractivity contribution in [3.63, 3.8) is 0 Å². The molecular weight excluding hydrogens is 924 g/mol. The molecule has 0 radical (unpaired) electrons. The van der Waals surface area contributed by atoms with Crippen LogP contribution in [0.25, 0.3) is 0 Å². The molecule has 0 N–H and O–H groups in total. The van der Waals surface area contributed by atoms with E-state index in [9.17, 15) is 0 Å². The number of nitrogens with zero attached hydrogens (tertiary/aromatic N) is 2. The van der Waals surface area contributed by atoms with Crippen molar-refractivity contribution in [2.75, 3.05) is 0 Å². The summed E-state index contributed by atoms with van der Waals surface area (Å²) in [4.78, 5) is 9.27. The number of aromatic nitrogens is 2. The maximum Gasteiger partial charge on any atom is 0.146 e. The zero-order valence-corrected chi connectivity index (χ0v) is 48.9. The first-order valence-electron chi connectivity index (χ1n) is 24.7. The van der Waals surface area contributed by atoms with E-state index in [2.05, 4.69) is 228 Å². The van der Waals surface area contributed by atoms with Crippen LogP contribution in [0.4, 0.5) is 0 Å². The summed E-state index contributed by atoms with van der Waals surface area (Å²) < 4.78 is 1.41. The van der Waals surface area contributed by atoms with Crippen LogP contribution in [0.5, 0.6) is 0 Å². The zero-order valence-electron chi connectivity index (χ0n) is 43.8. The van der Waals surface area contributed by atoms with Gasteiger partial charge in [-0.1, -0.05) is 203 Å². The number of allylic oxidation sites excluding steroid dienone is 4. The van der Waals surface area contributed by atoms with Gasteiger partial charge in [0.2, 0.25) is 0 Å². The lowest BCUT2D eigenvalue weighted by molar-refractivity contribution is 0.792. The number of halogens is 1. The van der Waals surface area contributed by atoms with E-state index < -0.39 is 24.2 Å². The molecule has 2 nitrogen and oxygen atoms in total. The van der Waals surface area contributed by atoms with Crippen LogP contribution in [0, 0.1) is 46.6 Å². The van der Waals surface area contributed by atoms with Crippen LogP contribution in [0.2, 0.25) is 52.9 Å². The number of hydrogen-bond acceptors (Lipinski definition) is 2. The van der Waals surface area contributed by atoms with Crippen LogP contribution in [-0.4, -0.2) is 34.2 Å². The van der Waals surface area contributed by atoms with Gasteiger partial charge in [-0.15, -0.1) is 11.1 Å². The maximum atomic E-state index is 4.67. The molecule has 0 aliphatic rings. The van der Waals surface area contributed by atoms with Gasteiger partial charge in [0.1, 0.15) is 27.5 Å². The normalized spacial score (nSPS) is 12.7. The number of unbranched alkanes of at least 4 members (excludes halogenated alkanes) is 2. The molecule has 0 aliphatic heterocycles. The predicted octanol–water partition coefficient (Wildman–Crippen LogP) is 17.8. The van der Waals surface area contributed by atoms with Gasteiger partial charge in [0, 0.05) is 32.7 Å². The van der Waals surface area contributed by atoms with Gasteiger partial charge in [-0.25, -0.2) is 9.97 Å². The minimum absolute atomic E-state index is 0.632. The summed E-state index contributed by atoms with van der Waals surface area (Å²) in [5.74, 6) is 20.6. The molecule has 0 fully saturated rings. The van der Waals surface area contributed by atoms with Gasteiger partial charge in [0.05, 0.1) is 8.07 Å². The summed E-state index contributed by atoms with van der Waals surface area (Å²) in [6, 6.07) is 8.24. The Bertz CT molecular complexity index is 1950. The molecule has 0 saturated carbocycles. The van der Waals surface area contributed by atoms with Crippen LogP contribution >= 0.6 is 22.6 Å². The minimum atomic E-state index is -1.74. The molecule has 0 bridgehead atoms. The smallest absolute Gasteiger partial charge is 0.146 e. The van der Waals surface area contributed by atoms with Crippen LogP contribution in [0.1, 0.15) is 198 Å². The van der Waals surface area contributed by atoms with Crippen molar-refractivity contribution in [1.82, 2.24) is 9.97 Å². The van der Waals surface area contributed by atoms with Gasteiger partial charge in [0.25, 0.3) is 0 Å². The van der Waals surface area contributed by atoms with E-state index >= 15 is 0 Å². The molecule has 2 heterocycles. The monoisotopic (exact) mass is 1010 g/mol. The maximum absolute atomic E-state index is 4.67. The number of hydrogen-bond donors (Lipinski definition) is 0. The van der Waals surface area contributed by atoms with Gasteiger partial charge < -0.3 is 0 Å². The summed E-state index contributed by atoms with van der Waals surface area (Å²) in [5, 5.41) is 1.66. The topological polar surface area (TPSA) is 25.8 Å². The summed E-state index contributed by atoms with van der Waals surface area (Å²) in [7, 11) is -4.84. The highest BCUT2D eigenvalue weighted by atomic mass is 127. The second kappa shape index (κ2) is 29.1. The SMILES string of the molecule is CCCC/C(=C(\C#Cc1ccc(C#C[Si](C(C)C)(C(C)C)C(C)C)nc1)CCC)[Si](C)(C)C.CCCC/C(I)=C(\C#Cc1ccc(C#C[Si](C(C)C)(C(C)C)C(C)C)nc1)CCC. The van der Waals surface area contributed by atoms with E-state index in [0.717, 1.165) is 54.6 Å². The lowest BCUT2D eigenvalue weighted by Crippen LogP contribution is -2.43. The van der Waals surface area contributed by atoms with Crippen LogP contribution in [0.15, 0.2) is 56.6 Å². The van der Waals surface area contributed by atoms with Gasteiger partial charge in [0.15, 0.2) is 0 Å². The van der Waals surface area contributed by atoms with E-state index in [-0.39, 0.29) is 0 Å². The Labute approximate surface area is 407 Å². The van der Waals surface area contributed by atoms with Crippen molar-refractivity contribution in [2.45, 2.75) is 228 Å². The fraction of sp³-hybridized carbons (Fsp3) is 0.614. The fourth-order valence-corrected chi connectivity index (χ4v) is 22.7. The molecule has 0 aliphatic carbocycles. The number of rotatable bonds is 17. The lowest BCUT2D eigenvalue weighted by Gasteiger charge is -2.38. The lowest BCUT2D eigenvalue weighted by atomic mass is 10.1. The first-order chi connectivity index (χ1) is 29.6. The van der Waals surface area contributed by atoms with Crippen molar-refractivity contribution in [1.29, 1.82) is 0 Å². The molecule has 2 rings (SSSR count). The predicted molar refractivity (Wildman–Crippen MR) is 298 cm³/mol. The standard InChI is InChI=1S/C30H49NSi2.C27H40INSi/c1-12-14-16-30(32(9,10)11)28(15-13-2)19-17-27-18-20-29(31-23-27)21-22-33(24(3)4,25(5)6)26(7)8;1-9-11-13-27(28)25(12-10-2)16-14-24-15-17-26(29-20-24)18-19-30(21(3)4,22(5)6)23(7)8/h18,20,23-26H,12-16H2,1-11H3;15,17,20-23H,9-13H2,1-8H3/b30-28+;27-25+. The molecule has 0 spiro atoms. The molecule has 0 aromatic carbocycles. The summed E-state index contributed by atoms with van der Waals surface area (Å²) >= 11 is 2.48. The third-order valence-electron chi connectivity index (χ3n) is 12.9. The molecule has 0 saturated heterocycles. The molecule has 0 atom stereocenters. The second-order valence-electron chi connectivity index (χ2n) is 20.5. The van der Waals surface area contributed by atoms with Gasteiger partial charge in [-0.05, 0) is 118 Å². The van der Waals surface area contributed by atoms with Crippen molar-refractivity contribution in [2.24, 2.45) is 0 Å². The van der Waals surface area contributed by atoms with E-state index in [1.807, 2.05) is 18.5 Å². The molecule has 2 aromatic rings. The fourth-order valence-electron chi connectivity index (χ4n) is 9.46. The van der Waals surface area contributed by atoms with Gasteiger partial charge >= 0.3 is 0 Å². The molecule has 6 heteroatoms. The van der Waals surface area contributed by atoms with E-state index in [1.54, 1.807) is 5.20 Å². The van der Waals surface area contributed by atoms with E-state index in [4.69, 9.17) is 0 Å². The highest BCUT2D eigenvalue weighted by Crippen LogP contribution is 2.42. The minimum Gasteiger partial charge on any atom is -0.247 e. The van der Waals surface area contributed by atoms with Crippen molar-refractivity contribution in [3.8, 4) is 46.6 Å². The first kappa shape index (κ1) is 58.4. The van der Waals surface area contributed by atoms with E-state index in [0.29, 0.717) is 33.2 Å². The number of pyridine rings is 2. The third-order valence-corrected chi connectivity index (χ3v) is 29.0. The Kier molecular flexibility index (Phi) is 27.0. The van der Waals surface area contributed by atoms with Crippen molar-refractivity contribution >= 4 is 46.8 Å². The second-order valence-corrected chi connectivity index (χ2v) is 38.0. The Morgan fingerprint density at radius 2 is 0.857 bits per heavy atom. The third kappa shape index (κ3) is 18.3. The molecule has 0 amide bonds. The van der Waals surface area contributed by atoms with Gasteiger partial charge in [-0.2, -0.15) is 0 Å². The highest BCUT2D eigenvalue weighted by Gasteiger charge is 2.42. The molecule has 0 unspecified atom stereocenters. The average Bonchev–Trinajstić information content (AvgIpc) is 3.21. The van der Waals surface area contributed by atoms with Crippen molar-refractivity contribution < 1.29 is 0 Å². The summed E-state index contributed by atoms with van der Waals surface area (Å²) in [6.45, 7) is 44.5. The molecule has 346 valence electrons. The molecule has 63 heavy (non-hydrogen) atoms. The van der Waals surface area contributed by atoms with E-state index in [1.165, 1.54) is 46.8 Å². The Morgan fingerprint density at radius 3 is 1.17 bits per heavy atom. The molecule has 2 aromatic heterocycles. The molecular formula is C57H89IN2Si3. The summed E-state index contributed by atoms with van der Waals surface area (Å²) in [5.41, 5.74) is 17.7.